The number of hydrogen-bond acceptors (Lipinski definition) is 2. The van der Waals surface area contributed by atoms with Crippen LogP contribution in [0.25, 0.3) is 10.9 Å². The summed E-state index contributed by atoms with van der Waals surface area (Å²) in [5.41, 5.74) is 3.67. The standard InChI is InChI=1S/C19H26N6.HI/c1-3-20-19(22-10-11-25-14-15(2)12-24-25)21-9-8-16-13-23-18-7-5-4-6-17(16)18;/h4-7,12-14,23H,3,8-11H2,1-2H3,(H2,20,21,22);1H. The van der Waals surface area contributed by atoms with Gasteiger partial charge in [0.2, 0.25) is 0 Å². The first-order valence-corrected chi connectivity index (χ1v) is 8.82. The van der Waals surface area contributed by atoms with Gasteiger partial charge in [0.25, 0.3) is 0 Å². The van der Waals surface area contributed by atoms with Gasteiger partial charge in [-0.2, -0.15) is 5.10 Å². The Hall–Kier alpha value is -2.03. The number of aliphatic imine (C=N–C) groups is 1. The van der Waals surface area contributed by atoms with Crippen LogP contribution in [0.1, 0.15) is 18.1 Å². The molecule has 0 amide bonds. The Morgan fingerprint density at radius 1 is 1.27 bits per heavy atom. The Balaban J connectivity index is 0.00000243. The molecule has 0 saturated heterocycles. The number of fused-ring (bicyclic) bond motifs is 1. The van der Waals surface area contributed by atoms with Crippen LogP contribution in [0.3, 0.4) is 0 Å². The lowest BCUT2D eigenvalue weighted by Crippen LogP contribution is -2.39. The van der Waals surface area contributed by atoms with Gasteiger partial charge in [0.15, 0.2) is 5.96 Å². The molecule has 0 atom stereocenters. The summed E-state index contributed by atoms with van der Waals surface area (Å²) < 4.78 is 1.94. The molecule has 2 heterocycles. The second-order valence-corrected chi connectivity index (χ2v) is 6.08. The Bertz CT molecular complexity index is 835. The maximum absolute atomic E-state index is 4.68. The summed E-state index contributed by atoms with van der Waals surface area (Å²) in [7, 11) is 0. The monoisotopic (exact) mass is 466 g/mol. The zero-order valence-corrected chi connectivity index (χ0v) is 17.7. The van der Waals surface area contributed by atoms with Crippen molar-refractivity contribution in [3.63, 3.8) is 0 Å². The highest BCUT2D eigenvalue weighted by molar-refractivity contribution is 14.0. The number of aromatic amines is 1. The van der Waals surface area contributed by atoms with Crippen LogP contribution in [0.5, 0.6) is 0 Å². The number of guanidine groups is 1. The van der Waals surface area contributed by atoms with Gasteiger partial charge in [0.05, 0.1) is 12.7 Å². The Labute approximate surface area is 171 Å². The number of nitrogens with zero attached hydrogens (tertiary/aromatic N) is 3. The molecule has 0 fully saturated rings. The fourth-order valence-electron chi connectivity index (χ4n) is 2.85. The molecule has 0 aliphatic rings. The van der Waals surface area contributed by atoms with Crippen molar-refractivity contribution in [3.8, 4) is 0 Å². The Morgan fingerprint density at radius 2 is 2.12 bits per heavy atom. The second kappa shape index (κ2) is 10.2. The first-order chi connectivity index (χ1) is 12.3. The van der Waals surface area contributed by atoms with Gasteiger partial charge in [0.1, 0.15) is 0 Å². The largest absolute Gasteiger partial charge is 0.361 e. The average Bonchev–Trinajstić information content (AvgIpc) is 3.21. The SMILES string of the molecule is CCNC(=NCCc1c[nH]c2ccccc12)NCCn1cc(C)cn1.I. The maximum Gasteiger partial charge on any atom is 0.191 e. The van der Waals surface area contributed by atoms with Crippen molar-refractivity contribution in [1.29, 1.82) is 0 Å². The van der Waals surface area contributed by atoms with Gasteiger partial charge in [-0.3, -0.25) is 9.67 Å². The smallest absolute Gasteiger partial charge is 0.191 e. The number of halogens is 1. The van der Waals surface area contributed by atoms with E-state index in [1.165, 1.54) is 22.0 Å². The van der Waals surface area contributed by atoms with Crippen LogP contribution in [0, 0.1) is 6.92 Å². The molecule has 7 heteroatoms. The molecule has 6 nitrogen and oxygen atoms in total. The van der Waals surface area contributed by atoms with Crippen molar-refractivity contribution in [3.05, 3.63) is 54.0 Å². The Morgan fingerprint density at radius 3 is 2.88 bits per heavy atom. The molecule has 0 saturated carbocycles. The number of aryl methyl sites for hydroxylation is 1. The number of nitrogens with one attached hydrogen (secondary N) is 3. The first kappa shape index (κ1) is 20.3. The average molecular weight is 466 g/mol. The highest BCUT2D eigenvalue weighted by atomic mass is 127. The molecule has 3 aromatic rings. The van der Waals surface area contributed by atoms with E-state index in [9.17, 15) is 0 Å². The van der Waals surface area contributed by atoms with Crippen molar-refractivity contribution in [2.24, 2.45) is 4.99 Å². The van der Waals surface area contributed by atoms with Crippen molar-refractivity contribution in [2.45, 2.75) is 26.8 Å². The number of aromatic nitrogens is 3. The predicted octanol–water partition coefficient (Wildman–Crippen LogP) is 3.09. The molecular formula is C19H27IN6. The van der Waals surface area contributed by atoms with E-state index in [0.717, 1.165) is 38.6 Å². The molecule has 2 aromatic heterocycles. The zero-order chi connectivity index (χ0) is 17.5. The van der Waals surface area contributed by atoms with Crippen LogP contribution >= 0.6 is 24.0 Å². The number of rotatable bonds is 7. The van der Waals surface area contributed by atoms with Gasteiger partial charge in [-0.15, -0.1) is 24.0 Å². The summed E-state index contributed by atoms with van der Waals surface area (Å²) in [6.45, 7) is 7.33. The Kier molecular flexibility index (Phi) is 7.96. The molecular weight excluding hydrogens is 439 g/mol. The summed E-state index contributed by atoms with van der Waals surface area (Å²) in [5.74, 6) is 0.853. The fraction of sp³-hybridized carbons (Fsp3) is 0.368. The van der Waals surface area contributed by atoms with E-state index in [4.69, 9.17) is 0 Å². The molecule has 0 aliphatic heterocycles. The van der Waals surface area contributed by atoms with Crippen LogP contribution in [0.2, 0.25) is 0 Å². The van der Waals surface area contributed by atoms with Gasteiger partial charge < -0.3 is 15.6 Å². The predicted molar refractivity (Wildman–Crippen MR) is 118 cm³/mol. The third-order valence-electron chi connectivity index (χ3n) is 4.07. The van der Waals surface area contributed by atoms with Gasteiger partial charge >= 0.3 is 0 Å². The highest BCUT2D eigenvalue weighted by Gasteiger charge is 2.03. The van der Waals surface area contributed by atoms with Gasteiger partial charge in [-0.05, 0) is 37.5 Å². The summed E-state index contributed by atoms with van der Waals surface area (Å²) in [6.07, 6.45) is 6.92. The zero-order valence-electron chi connectivity index (χ0n) is 15.3. The maximum atomic E-state index is 4.68. The number of benzene rings is 1. The van der Waals surface area contributed by atoms with E-state index in [1.54, 1.807) is 0 Å². The normalized spacial score (nSPS) is 11.4. The number of hydrogen-bond donors (Lipinski definition) is 3. The van der Waals surface area contributed by atoms with Gasteiger partial charge in [0, 0.05) is 42.9 Å². The molecule has 0 bridgehead atoms. The van der Waals surface area contributed by atoms with E-state index < -0.39 is 0 Å². The summed E-state index contributed by atoms with van der Waals surface area (Å²) in [4.78, 5) is 8.00. The lowest BCUT2D eigenvalue weighted by Gasteiger charge is -2.11. The molecule has 1 aromatic carbocycles. The minimum absolute atomic E-state index is 0. The van der Waals surface area contributed by atoms with Crippen molar-refractivity contribution in [1.82, 2.24) is 25.4 Å². The molecule has 3 rings (SSSR count). The van der Waals surface area contributed by atoms with Crippen LogP contribution < -0.4 is 10.6 Å². The molecule has 140 valence electrons. The van der Waals surface area contributed by atoms with Crippen LogP contribution in [0.15, 0.2) is 47.8 Å². The van der Waals surface area contributed by atoms with Gasteiger partial charge in [-0.25, -0.2) is 0 Å². The summed E-state index contributed by atoms with van der Waals surface area (Å²) >= 11 is 0. The van der Waals surface area contributed by atoms with E-state index in [1.807, 2.05) is 24.0 Å². The molecule has 26 heavy (non-hydrogen) atoms. The molecule has 3 N–H and O–H groups in total. The lowest BCUT2D eigenvalue weighted by atomic mass is 10.1. The number of para-hydroxylation sites is 1. The van der Waals surface area contributed by atoms with E-state index in [2.05, 4.69) is 63.1 Å². The van der Waals surface area contributed by atoms with E-state index in [-0.39, 0.29) is 24.0 Å². The van der Waals surface area contributed by atoms with Crippen LogP contribution in [0.4, 0.5) is 0 Å². The summed E-state index contributed by atoms with van der Waals surface area (Å²) in [6, 6.07) is 8.38. The third-order valence-corrected chi connectivity index (χ3v) is 4.07. The van der Waals surface area contributed by atoms with Crippen LogP contribution in [-0.2, 0) is 13.0 Å². The first-order valence-electron chi connectivity index (χ1n) is 8.82. The summed E-state index contributed by atoms with van der Waals surface area (Å²) in [5, 5.41) is 12.2. The lowest BCUT2D eigenvalue weighted by molar-refractivity contribution is 0.597. The fourth-order valence-corrected chi connectivity index (χ4v) is 2.85. The highest BCUT2D eigenvalue weighted by Crippen LogP contribution is 2.17. The van der Waals surface area contributed by atoms with Crippen LogP contribution in [-0.4, -0.2) is 40.4 Å². The molecule has 0 unspecified atom stereocenters. The van der Waals surface area contributed by atoms with Crippen molar-refractivity contribution >= 4 is 40.8 Å². The van der Waals surface area contributed by atoms with Gasteiger partial charge in [-0.1, -0.05) is 18.2 Å². The van der Waals surface area contributed by atoms with E-state index in [0.29, 0.717) is 0 Å². The molecule has 0 spiro atoms. The van der Waals surface area contributed by atoms with Crippen molar-refractivity contribution < 1.29 is 0 Å². The minimum Gasteiger partial charge on any atom is -0.361 e. The topological polar surface area (TPSA) is 70.0 Å². The van der Waals surface area contributed by atoms with Crippen molar-refractivity contribution in [2.75, 3.05) is 19.6 Å². The number of H-pyrrole nitrogens is 1. The quantitative estimate of drug-likeness (QED) is 0.285. The molecule has 0 aliphatic carbocycles. The molecule has 0 radical (unpaired) electrons. The third kappa shape index (κ3) is 5.48. The van der Waals surface area contributed by atoms with E-state index >= 15 is 0 Å². The minimum atomic E-state index is 0. The second-order valence-electron chi connectivity index (χ2n) is 6.08.